The third-order valence-electron chi connectivity index (χ3n) is 3.39. The predicted molar refractivity (Wildman–Crippen MR) is 90.9 cm³/mol. The molecule has 0 amide bonds. The van der Waals surface area contributed by atoms with Crippen LogP contribution in [0.1, 0.15) is 18.9 Å². The van der Waals surface area contributed by atoms with Gasteiger partial charge in [-0.15, -0.1) is 0 Å². The smallest absolute Gasteiger partial charge is 0.191 e. The van der Waals surface area contributed by atoms with Crippen molar-refractivity contribution >= 4 is 5.96 Å². The van der Waals surface area contributed by atoms with E-state index >= 15 is 0 Å². The van der Waals surface area contributed by atoms with Crippen LogP contribution in [0.2, 0.25) is 0 Å². The zero-order chi connectivity index (χ0) is 16.3. The van der Waals surface area contributed by atoms with Gasteiger partial charge in [-0.3, -0.25) is 4.99 Å². The maximum Gasteiger partial charge on any atom is 0.191 e. The zero-order valence-corrected chi connectivity index (χ0v) is 13.5. The average Bonchev–Trinajstić information content (AvgIpc) is 3.06. The van der Waals surface area contributed by atoms with Gasteiger partial charge in [-0.1, -0.05) is 18.2 Å². The van der Waals surface area contributed by atoms with E-state index in [9.17, 15) is 4.39 Å². The summed E-state index contributed by atoms with van der Waals surface area (Å²) < 4.78 is 15.6. The first-order valence-corrected chi connectivity index (χ1v) is 8.01. The summed E-state index contributed by atoms with van der Waals surface area (Å²) in [5.74, 6) is 0.617. The van der Waals surface area contributed by atoms with Crippen molar-refractivity contribution in [2.24, 2.45) is 4.99 Å². The lowest BCUT2D eigenvalue weighted by molar-refractivity contribution is 0.606. The summed E-state index contributed by atoms with van der Waals surface area (Å²) >= 11 is 0. The summed E-state index contributed by atoms with van der Waals surface area (Å²) in [6.45, 7) is 5.10. The Morgan fingerprint density at radius 2 is 2.17 bits per heavy atom. The van der Waals surface area contributed by atoms with Crippen LogP contribution in [-0.4, -0.2) is 35.1 Å². The molecule has 1 aromatic carbocycles. The first-order chi connectivity index (χ1) is 11.3. The van der Waals surface area contributed by atoms with Crippen LogP contribution in [0.25, 0.3) is 0 Å². The Labute approximate surface area is 136 Å². The lowest BCUT2D eigenvalue weighted by Gasteiger charge is -2.11. The summed E-state index contributed by atoms with van der Waals surface area (Å²) in [4.78, 5) is 8.55. The maximum absolute atomic E-state index is 13.6. The van der Waals surface area contributed by atoms with Gasteiger partial charge >= 0.3 is 0 Å². The molecule has 0 spiro atoms. The van der Waals surface area contributed by atoms with Crippen LogP contribution in [0.4, 0.5) is 4.39 Å². The predicted octanol–water partition coefficient (Wildman–Crippen LogP) is 2.21. The molecule has 0 radical (unpaired) electrons. The fraction of sp³-hybridized carbons (Fsp3) is 0.412. The first-order valence-electron chi connectivity index (χ1n) is 8.01. The molecule has 6 heteroatoms. The van der Waals surface area contributed by atoms with Crippen molar-refractivity contribution in [1.29, 1.82) is 0 Å². The number of hydrogen-bond acceptors (Lipinski definition) is 2. The van der Waals surface area contributed by atoms with Crippen LogP contribution < -0.4 is 10.6 Å². The van der Waals surface area contributed by atoms with Crippen molar-refractivity contribution in [3.05, 3.63) is 54.4 Å². The van der Waals surface area contributed by atoms with Crippen molar-refractivity contribution in [3.8, 4) is 0 Å². The Morgan fingerprint density at radius 3 is 2.91 bits per heavy atom. The maximum atomic E-state index is 13.6. The fourth-order valence-corrected chi connectivity index (χ4v) is 2.22. The fourth-order valence-electron chi connectivity index (χ4n) is 2.22. The monoisotopic (exact) mass is 317 g/mol. The Balaban J connectivity index is 1.74. The van der Waals surface area contributed by atoms with E-state index in [1.807, 2.05) is 36.1 Å². The lowest BCUT2D eigenvalue weighted by atomic mass is 10.1. The highest BCUT2D eigenvalue weighted by Gasteiger charge is 2.01. The molecular weight excluding hydrogens is 293 g/mol. The van der Waals surface area contributed by atoms with Crippen molar-refractivity contribution in [3.63, 3.8) is 0 Å². The highest BCUT2D eigenvalue weighted by atomic mass is 19.1. The van der Waals surface area contributed by atoms with Gasteiger partial charge in [0, 0.05) is 38.6 Å². The topological polar surface area (TPSA) is 54.2 Å². The Hall–Kier alpha value is -2.37. The van der Waals surface area contributed by atoms with Crippen molar-refractivity contribution in [2.75, 3.05) is 19.6 Å². The highest BCUT2D eigenvalue weighted by Crippen LogP contribution is 2.06. The van der Waals surface area contributed by atoms with Crippen LogP contribution in [0.5, 0.6) is 0 Å². The molecule has 1 heterocycles. The van der Waals surface area contributed by atoms with E-state index in [-0.39, 0.29) is 5.82 Å². The van der Waals surface area contributed by atoms with Gasteiger partial charge in [-0.25, -0.2) is 9.37 Å². The normalized spacial score (nSPS) is 11.5. The molecule has 0 aliphatic carbocycles. The number of rotatable bonds is 8. The van der Waals surface area contributed by atoms with Crippen LogP contribution in [0, 0.1) is 5.82 Å². The standard InChI is InChI=1S/C17H24FN5/c1-2-20-17(21-9-5-12-23-13-11-19-14-23)22-10-8-15-6-3-4-7-16(15)18/h3-4,6-7,11,13-14H,2,5,8-10,12H2,1H3,(H2,20,21,22). The second-order valence-corrected chi connectivity index (χ2v) is 5.18. The second-order valence-electron chi connectivity index (χ2n) is 5.18. The summed E-state index contributed by atoms with van der Waals surface area (Å²) in [6, 6.07) is 6.86. The number of aromatic nitrogens is 2. The van der Waals surface area contributed by atoms with Crippen molar-refractivity contribution < 1.29 is 4.39 Å². The van der Waals surface area contributed by atoms with E-state index in [1.165, 1.54) is 6.07 Å². The van der Waals surface area contributed by atoms with Crippen molar-refractivity contribution in [2.45, 2.75) is 26.3 Å². The van der Waals surface area contributed by atoms with E-state index in [4.69, 9.17) is 0 Å². The van der Waals surface area contributed by atoms with Gasteiger partial charge in [-0.05, 0) is 31.4 Å². The molecule has 0 aliphatic heterocycles. The quantitative estimate of drug-likeness (QED) is 0.446. The zero-order valence-electron chi connectivity index (χ0n) is 13.5. The van der Waals surface area contributed by atoms with Crippen LogP contribution >= 0.6 is 0 Å². The van der Waals surface area contributed by atoms with Crippen molar-refractivity contribution in [1.82, 2.24) is 20.2 Å². The molecular formula is C17H24FN5. The molecule has 5 nitrogen and oxygen atoms in total. The second kappa shape index (κ2) is 9.61. The number of imidazole rings is 1. The van der Waals surface area contributed by atoms with Gasteiger partial charge < -0.3 is 15.2 Å². The van der Waals surface area contributed by atoms with Crippen LogP contribution in [0.15, 0.2) is 48.0 Å². The summed E-state index contributed by atoms with van der Waals surface area (Å²) in [5.41, 5.74) is 0.718. The first kappa shape index (κ1) is 17.0. The molecule has 0 aliphatic rings. The van der Waals surface area contributed by atoms with Gasteiger partial charge in [-0.2, -0.15) is 0 Å². The van der Waals surface area contributed by atoms with E-state index in [0.717, 1.165) is 37.6 Å². The SMILES string of the molecule is CCNC(=NCCCn1ccnc1)NCCc1ccccc1F. The van der Waals surface area contributed by atoms with Gasteiger partial charge in [0.05, 0.1) is 6.33 Å². The Morgan fingerprint density at radius 1 is 1.30 bits per heavy atom. The molecule has 0 atom stereocenters. The molecule has 0 unspecified atom stereocenters. The average molecular weight is 317 g/mol. The minimum Gasteiger partial charge on any atom is -0.357 e. The number of halogens is 1. The molecule has 1 aromatic heterocycles. The summed E-state index contributed by atoms with van der Waals surface area (Å²) in [7, 11) is 0. The Bertz CT molecular complexity index is 595. The Kier molecular flexibility index (Phi) is 7.10. The molecule has 23 heavy (non-hydrogen) atoms. The van der Waals surface area contributed by atoms with Gasteiger partial charge in [0.2, 0.25) is 0 Å². The number of benzene rings is 1. The van der Waals surface area contributed by atoms with E-state index in [2.05, 4.69) is 20.6 Å². The molecule has 2 aromatic rings. The van der Waals surface area contributed by atoms with E-state index < -0.39 is 0 Å². The number of hydrogen-bond donors (Lipinski definition) is 2. The van der Waals surface area contributed by atoms with E-state index in [0.29, 0.717) is 13.0 Å². The third kappa shape index (κ3) is 6.10. The largest absolute Gasteiger partial charge is 0.357 e. The van der Waals surface area contributed by atoms with Gasteiger partial charge in [0.15, 0.2) is 5.96 Å². The third-order valence-corrected chi connectivity index (χ3v) is 3.39. The number of nitrogens with zero attached hydrogens (tertiary/aromatic N) is 3. The minimum absolute atomic E-state index is 0.156. The molecule has 0 saturated carbocycles. The molecule has 2 N–H and O–H groups in total. The highest BCUT2D eigenvalue weighted by molar-refractivity contribution is 5.79. The van der Waals surface area contributed by atoms with E-state index in [1.54, 1.807) is 12.3 Å². The molecule has 0 saturated heterocycles. The number of guanidine groups is 1. The van der Waals surface area contributed by atoms with Gasteiger partial charge in [0.1, 0.15) is 5.82 Å². The van der Waals surface area contributed by atoms with Crippen LogP contribution in [0.3, 0.4) is 0 Å². The summed E-state index contributed by atoms with van der Waals surface area (Å²) in [5, 5.41) is 6.45. The summed E-state index contributed by atoms with van der Waals surface area (Å²) in [6.07, 6.45) is 7.10. The molecule has 0 fully saturated rings. The number of aryl methyl sites for hydroxylation is 1. The lowest BCUT2D eigenvalue weighted by Crippen LogP contribution is -2.38. The molecule has 0 bridgehead atoms. The van der Waals surface area contributed by atoms with Crippen LogP contribution in [-0.2, 0) is 13.0 Å². The number of nitrogens with one attached hydrogen (secondary N) is 2. The molecule has 124 valence electrons. The van der Waals surface area contributed by atoms with Gasteiger partial charge in [0.25, 0.3) is 0 Å². The minimum atomic E-state index is -0.156. The molecule has 2 rings (SSSR count). The number of aliphatic imine (C=N–C) groups is 1.